The summed E-state index contributed by atoms with van der Waals surface area (Å²) in [5.74, 6) is 0.390. The SMILES string of the molecule is Cc1cc(C)c(NCc2cc(C)c(O)c(C)c2)c(Br)c1. The van der Waals surface area contributed by atoms with Gasteiger partial charge in [0.25, 0.3) is 0 Å². The molecule has 0 aliphatic carbocycles. The van der Waals surface area contributed by atoms with Crippen LogP contribution in [0, 0.1) is 27.7 Å². The van der Waals surface area contributed by atoms with E-state index in [1.165, 1.54) is 16.7 Å². The van der Waals surface area contributed by atoms with Crippen LogP contribution < -0.4 is 5.32 Å². The van der Waals surface area contributed by atoms with Gasteiger partial charge in [-0.25, -0.2) is 0 Å². The Hall–Kier alpha value is -1.48. The first-order valence-electron chi connectivity index (χ1n) is 6.68. The summed E-state index contributed by atoms with van der Waals surface area (Å²) in [6.07, 6.45) is 0. The van der Waals surface area contributed by atoms with E-state index in [4.69, 9.17) is 0 Å². The highest BCUT2D eigenvalue weighted by Gasteiger charge is 2.07. The van der Waals surface area contributed by atoms with E-state index < -0.39 is 0 Å². The van der Waals surface area contributed by atoms with Crippen molar-refractivity contribution in [1.82, 2.24) is 0 Å². The quantitative estimate of drug-likeness (QED) is 0.828. The Morgan fingerprint density at radius 2 is 1.55 bits per heavy atom. The molecule has 2 rings (SSSR count). The van der Waals surface area contributed by atoms with Gasteiger partial charge in [-0.2, -0.15) is 0 Å². The van der Waals surface area contributed by atoms with Gasteiger partial charge >= 0.3 is 0 Å². The van der Waals surface area contributed by atoms with Crippen molar-refractivity contribution in [1.29, 1.82) is 0 Å². The third kappa shape index (κ3) is 3.15. The van der Waals surface area contributed by atoms with Gasteiger partial charge in [-0.05, 0) is 77.5 Å². The average Bonchev–Trinajstić information content (AvgIpc) is 2.34. The number of nitrogens with one attached hydrogen (secondary N) is 1. The van der Waals surface area contributed by atoms with E-state index in [0.29, 0.717) is 5.75 Å². The Labute approximate surface area is 129 Å². The molecular formula is C17H20BrNO. The van der Waals surface area contributed by atoms with Gasteiger partial charge in [-0.3, -0.25) is 0 Å². The highest BCUT2D eigenvalue weighted by Crippen LogP contribution is 2.29. The lowest BCUT2D eigenvalue weighted by molar-refractivity contribution is 0.466. The Balaban J connectivity index is 2.21. The number of aryl methyl sites for hydroxylation is 4. The molecule has 0 heterocycles. The first-order chi connectivity index (χ1) is 9.38. The number of hydrogen-bond donors (Lipinski definition) is 2. The molecule has 0 saturated carbocycles. The fraction of sp³-hybridized carbons (Fsp3) is 0.294. The minimum absolute atomic E-state index is 0.390. The molecule has 0 radical (unpaired) electrons. The second kappa shape index (κ2) is 5.88. The number of rotatable bonds is 3. The molecule has 0 spiro atoms. The normalized spacial score (nSPS) is 10.7. The second-order valence-corrected chi connectivity index (χ2v) is 6.22. The molecule has 20 heavy (non-hydrogen) atoms. The van der Waals surface area contributed by atoms with Crippen molar-refractivity contribution in [2.24, 2.45) is 0 Å². The van der Waals surface area contributed by atoms with Gasteiger partial charge in [0, 0.05) is 11.0 Å². The van der Waals surface area contributed by atoms with E-state index in [9.17, 15) is 5.11 Å². The molecule has 0 aliphatic heterocycles. The average molecular weight is 334 g/mol. The lowest BCUT2D eigenvalue weighted by atomic mass is 10.1. The molecular weight excluding hydrogens is 314 g/mol. The van der Waals surface area contributed by atoms with Crippen molar-refractivity contribution >= 4 is 21.6 Å². The molecule has 0 unspecified atom stereocenters. The molecule has 106 valence electrons. The summed E-state index contributed by atoms with van der Waals surface area (Å²) >= 11 is 3.61. The summed E-state index contributed by atoms with van der Waals surface area (Å²) in [5, 5.41) is 13.3. The van der Waals surface area contributed by atoms with Gasteiger partial charge in [0.1, 0.15) is 5.75 Å². The fourth-order valence-corrected chi connectivity index (χ4v) is 3.29. The predicted octanol–water partition coefficient (Wildman–Crippen LogP) is 5.00. The Kier molecular flexibility index (Phi) is 4.39. The van der Waals surface area contributed by atoms with Crippen molar-refractivity contribution in [3.8, 4) is 5.75 Å². The first kappa shape index (κ1) is 14.9. The molecule has 2 aromatic rings. The van der Waals surface area contributed by atoms with E-state index in [1.807, 2.05) is 26.0 Å². The third-order valence-electron chi connectivity index (χ3n) is 3.45. The van der Waals surface area contributed by atoms with E-state index in [0.717, 1.165) is 27.8 Å². The Morgan fingerprint density at radius 1 is 0.950 bits per heavy atom. The molecule has 0 fully saturated rings. The van der Waals surface area contributed by atoms with Gasteiger partial charge in [0.2, 0.25) is 0 Å². The first-order valence-corrected chi connectivity index (χ1v) is 7.47. The fourth-order valence-electron chi connectivity index (χ4n) is 2.48. The number of benzene rings is 2. The summed E-state index contributed by atoms with van der Waals surface area (Å²) in [4.78, 5) is 0. The summed E-state index contributed by atoms with van der Waals surface area (Å²) in [6, 6.07) is 8.32. The van der Waals surface area contributed by atoms with Crippen molar-refractivity contribution < 1.29 is 5.11 Å². The van der Waals surface area contributed by atoms with Crippen molar-refractivity contribution in [3.63, 3.8) is 0 Å². The molecule has 0 aliphatic rings. The van der Waals surface area contributed by atoms with Crippen LogP contribution >= 0.6 is 15.9 Å². The molecule has 2 N–H and O–H groups in total. The van der Waals surface area contributed by atoms with Crippen LogP contribution in [0.25, 0.3) is 0 Å². The van der Waals surface area contributed by atoms with Crippen LogP contribution in [0.3, 0.4) is 0 Å². The maximum atomic E-state index is 9.81. The summed E-state index contributed by atoms with van der Waals surface area (Å²) in [7, 11) is 0. The van der Waals surface area contributed by atoms with Crippen LogP contribution in [0.4, 0.5) is 5.69 Å². The summed E-state index contributed by atoms with van der Waals surface area (Å²) < 4.78 is 1.09. The smallest absolute Gasteiger partial charge is 0.121 e. The maximum Gasteiger partial charge on any atom is 0.121 e. The van der Waals surface area contributed by atoms with Crippen LogP contribution in [0.15, 0.2) is 28.7 Å². The number of anilines is 1. The van der Waals surface area contributed by atoms with Crippen molar-refractivity contribution in [3.05, 3.63) is 56.6 Å². The van der Waals surface area contributed by atoms with Crippen molar-refractivity contribution in [2.45, 2.75) is 34.2 Å². The van der Waals surface area contributed by atoms with Crippen LogP contribution in [0.1, 0.15) is 27.8 Å². The number of hydrogen-bond acceptors (Lipinski definition) is 2. The maximum absolute atomic E-state index is 9.81. The van der Waals surface area contributed by atoms with Gasteiger partial charge in [0.15, 0.2) is 0 Å². The van der Waals surface area contributed by atoms with Gasteiger partial charge in [-0.15, -0.1) is 0 Å². The topological polar surface area (TPSA) is 32.3 Å². The molecule has 0 aromatic heterocycles. The lowest BCUT2D eigenvalue weighted by Crippen LogP contribution is -2.03. The monoisotopic (exact) mass is 333 g/mol. The second-order valence-electron chi connectivity index (χ2n) is 5.37. The minimum atomic E-state index is 0.390. The van der Waals surface area contributed by atoms with Crippen LogP contribution in [0.2, 0.25) is 0 Å². The molecule has 0 amide bonds. The zero-order valence-corrected chi connectivity index (χ0v) is 13.9. The van der Waals surface area contributed by atoms with Crippen molar-refractivity contribution in [2.75, 3.05) is 5.32 Å². The van der Waals surface area contributed by atoms with E-state index in [1.54, 1.807) is 0 Å². The predicted molar refractivity (Wildman–Crippen MR) is 88.5 cm³/mol. The number of phenolic OH excluding ortho intramolecular Hbond substituents is 1. The molecule has 2 aromatic carbocycles. The highest BCUT2D eigenvalue weighted by atomic mass is 79.9. The largest absolute Gasteiger partial charge is 0.507 e. The van der Waals surface area contributed by atoms with E-state index >= 15 is 0 Å². The zero-order chi connectivity index (χ0) is 14.9. The molecule has 2 nitrogen and oxygen atoms in total. The van der Waals surface area contributed by atoms with Gasteiger partial charge in [-0.1, -0.05) is 18.2 Å². The van der Waals surface area contributed by atoms with E-state index in [-0.39, 0.29) is 0 Å². The Bertz CT molecular complexity index is 603. The zero-order valence-electron chi connectivity index (χ0n) is 12.3. The lowest BCUT2D eigenvalue weighted by Gasteiger charge is -2.14. The van der Waals surface area contributed by atoms with Gasteiger partial charge in [0.05, 0.1) is 5.69 Å². The number of phenols is 1. The van der Waals surface area contributed by atoms with Crippen LogP contribution in [0.5, 0.6) is 5.75 Å². The molecule has 0 bridgehead atoms. The Morgan fingerprint density at radius 3 is 2.10 bits per heavy atom. The van der Waals surface area contributed by atoms with Crippen LogP contribution in [-0.4, -0.2) is 5.11 Å². The minimum Gasteiger partial charge on any atom is -0.507 e. The standard InChI is InChI=1S/C17H20BrNO/c1-10-5-11(2)16(15(18)6-10)19-9-14-7-12(3)17(20)13(4)8-14/h5-8,19-20H,9H2,1-4H3. The van der Waals surface area contributed by atoms with Gasteiger partial charge < -0.3 is 10.4 Å². The molecule has 3 heteroatoms. The number of aromatic hydroxyl groups is 1. The molecule has 0 atom stereocenters. The highest BCUT2D eigenvalue weighted by molar-refractivity contribution is 9.10. The number of halogens is 1. The molecule has 0 saturated heterocycles. The summed E-state index contributed by atoms with van der Waals surface area (Å²) in [6.45, 7) is 8.80. The van der Waals surface area contributed by atoms with Crippen LogP contribution in [-0.2, 0) is 6.54 Å². The third-order valence-corrected chi connectivity index (χ3v) is 4.08. The van der Waals surface area contributed by atoms with E-state index in [2.05, 4.69) is 47.2 Å². The summed E-state index contributed by atoms with van der Waals surface area (Å²) in [5.41, 5.74) is 6.60.